The molecule has 0 radical (unpaired) electrons. The first-order valence-electron chi connectivity index (χ1n) is 6.77. The van der Waals surface area contributed by atoms with Gasteiger partial charge in [-0.1, -0.05) is 0 Å². The molecule has 0 amide bonds. The molecule has 0 aliphatic heterocycles. The summed E-state index contributed by atoms with van der Waals surface area (Å²) in [4.78, 5) is 11.2. The molecule has 4 nitrogen and oxygen atoms in total. The van der Waals surface area contributed by atoms with Crippen LogP contribution in [-0.4, -0.2) is 26.8 Å². The number of alkyl halides is 5. The summed E-state index contributed by atoms with van der Waals surface area (Å²) in [5.41, 5.74) is -2.63. The van der Waals surface area contributed by atoms with Gasteiger partial charge in [0.05, 0.1) is 5.69 Å². The molecule has 1 fully saturated rings. The number of nitrogens with zero attached hydrogens (tertiary/aromatic N) is 2. The second-order valence-electron chi connectivity index (χ2n) is 5.59. The molecule has 1 aromatic rings. The molecule has 9 heteroatoms. The lowest BCUT2D eigenvalue weighted by Gasteiger charge is -2.28. The van der Waals surface area contributed by atoms with Gasteiger partial charge in [-0.15, -0.1) is 0 Å². The van der Waals surface area contributed by atoms with Crippen molar-refractivity contribution in [2.45, 2.75) is 51.3 Å². The fourth-order valence-corrected chi connectivity index (χ4v) is 2.80. The van der Waals surface area contributed by atoms with Gasteiger partial charge in [0.25, 0.3) is 0 Å². The largest absolute Gasteiger partial charge is 0.477 e. The van der Waals surface area contributed by atoms with Crippen LogP contribution in [0.4, 0.5) is 22.0 Å². The quantitative estimate of drug-likeness (QED) is 0.861. The van der Waals surface area contributed by atoms with E-state index in [1.54, 1.807) is 0 Å². The first-order chi connectivity index (χ1) is 10.0. The van der Waals surface area contributed by atoms with E-state index < -0.39 is 35.0 Å². The Hall–Kier alpha value is -1.67. The molecular weight excluding hydrogens is 311 g/mol. The van der Waals surface area contributed by atoms with Gasteiger partial charge >= 0.3 is 12.1 Å². The predicted octanol–water partition coefficient (Wildman–Crippen LogP) is 3.73. The van der Waals surface area contributed by atoms with Crippen LogP contribution >= 0.6 is 0 Å². The minimum atomic E-state index is -4.82. The number of halogens is 5. The summed E-state index contributed by atoms with van der Waals surface area (Å²) < 4.78 is 65.8. The summed E-state index contributed by atoms with van der Waals surface area (Å²) in [7, 11) is 0. The van der Waals surface area contributed by atoms with Crippen LogP contribution in [0.15, 0.2) is 0 Å². The average Bonchev–Trinajstić information content (AvgIpc) is 2.68. The van der Waals surface area contributed by atoms with Crippen LogP contribution in [0.5, 0.6) is 0 Å². The molecule has 22 heavy (non-hydrogen) atoms. The van der Waals surface area contributed by atoms with Gasteiger partial charge in [-0.25, -0.2) is 13.6 Å². The molecule has 1 aromatic heterocycles. The molecule has 0 spiro atoms. The van der Waals surface area contributed by atoms with E-state index in [4.69, 9.17) is 5.11 Å². The molecule has 0 aromatic carbocycles. The number of carboxylic acid groups (broad SMARTS) is 1. The average molecular weight is 326 g/mol. The van der Waals surface area contributed by atoms with Crippen LogP contribution in [0, 0.1) is 12.8 Å². The Morgan fingerprint density at radius 3 is 2.36 bits per heavy atom. The summed E-state index contributed by atoms with van der Waals surface area (Å²) in [6.45, 7) is 0.982. The number of carboxylic acids is 1. The molecule has 0 bridgehead atoms. The molecule has 1 N–H and O–H groups in total. The topological polar surface area (TPSA) is 55.1 Å². The van der Waals surface area contributed by atoms with Crippen LogP contribution in [0.25, 0.3) is 0 Å². The van der Waals surface area contributed by atoms with Crippen molar-refractivity contribution >= 4 is 5.97 Å². The van der Waals surface area contributed by atoms with E-state index in [1.807, 2.05) is 0 Å². The predicted molar refractivity (Wildman–Crippen MR) is 65.8 cm³/mol. The zero-order valence-corrected chi connectivity index (χ0v) is 11.8. The summed E-state index contributed by atoms with van der Waals surface area (Å²) in [5.74, 6) is -4.78. The first kappa shape index (κ1) is 16.7. The van der Waals surface area contributed by atoms with Crippen LogP contribution in [0.2, 0.25) is 0 Å². The number of rotatable bonds is 3. The Morgan fingerprint density at radius 2 is 1.91 bits per heavy atom. The van der Waals surface area contributed by atoms with Crippen molar-refractivity contribution in [3.63, 3.8) is 0 Å². The molecule has 1 aliphatic carbocycles. The number of aryl methyl sites for hydroxylation is 1. The maximum atomic E-state index is 13.1. The fraction of sp³-hybridized carbons (Fsp3) is 0.692. The van der Waals surface area contributed by atoms with Gasteiger partial charge in [-0.3, -0.25) is 4.68 Å². The van der Waals surface area contributed by atoms with Crippen molar-refractivity contribution in [2.75, 3.05) is 0 Å². The number of hydrogen-bond donors (Lipinski definition) is 1. The van der Waals surface area contributed by atoms with Gasteiger partial charge in [0, 0.05) is 19.4 Å². The van der Waals surface area contributed by atoms with Crippen LogP contribution < -0.4 is 0 Å². The monoisotopic (exact) mass is 326 g/mol. The van der Waals surface area contributed by atoms with Crippen molar-refractivity contribution < 1.29 is 31.9 Å². The highest BCUT2D eigenvalue weighted by Crippen LogP contribution is 2.38. The van der Waals surface area contributed by atoms with E-state index in [-0.39, 0.29) is 38.1 Å². The Labute approximate surface area is 122 Å². The Kier molecular flexibility index (Phi) is 4.18. The van der Waals surface area contributed by atoms with Gasteiger partial charge in [-0.2, -0.15) is 18.3 Å². The van der Waals surface area contributed by atoms with E-state index in [1.165, 1.54) is 0 Å². The zero-order valence-electron chi connectivity index (χ0n) is 11.8. The zero-order chi connectivity index (χ0) is 16.7. The van der Waals surface area contributed by atoms with E-state index in [2.05, 4.69) is 5.10 Å². The molecule has 0 saturated heterocycles. The van der Waals surface area contributed by atoms with Crippen LogP contribution in [0.1, 0.15) is 47.4 Å². The second kappa shape index (κ2) is 5.51. The smallest absolute Gasteiger partial charge is 0.420 e. The Morgan fingerprint density at radius 1 is 1.36 bits per heavy atom. The maximum Gasteiger partial charge on any atom is 0.420 e. The van der Waals surface area contributed by atoms with E-state index in [0.29, 0.717) is 0 Å². The van der Waals surface area contributed by atoms with Crippen LogP contribution in [0.3, 0.4) is 0 Å². The highest BCUT2D eigenvalue weighted by Gasteiger charge is 2.42. The SMILES string of the molecule is Cc1nn(CC2CCC(F)(F)CC2)c(C(=O)O)c1C(F)(F)F. The number of carbonyl (C=O) groups is 1. The molecule has 0 atom stereocenters. The molecule has 1 aliphatic rings. The summed E-state index contributed by atoms with van der Waals surface area (Å²) in [5, 5.41) is 12.7. The lowest BCUT2D eigenvalue weighted by molar-refractivity contribution is -0.138. The lowest BCUT2D eigenvalue weighted by atomic mass is 9.87. The molecule has 2 rings (SSSR count). The molecular formula is C13H15F5N2O2. The number of aromatic carboxylic acids is 1. The highest BCUT2D eigenvalue weighted by molar-refractivity contribution is 5.88. The van der Waals surface area contributed by atoms with Crippen molar-refractivity contribution in [1.82, 2.24) is 9.78 Å². The van der Waals surface area contributed by atoms with E-state index in [9.17, 15) is 26.7 Å². The summed E-state index contributed by atoms with van der Waals surface area (Å²) >= 11 is 0. The Bertz CT molecular complexity index is 570. The molecule has 1 heterocycles. The van der Waals surface area contributed by atoms with Crippen molar-refractivity contribution in [1.29, 1.82) is 0 Å². The van der Waals surface area contributed by atoms with Crippen molar-refractivity contribution in [2.24, 2.45) is 5.92 Å². The third kappa shape index (κ3) is 3.38. The molecule has 1 saturated carbocycles. The number of aromatic nitrogens is 2. The maximum absolute atomic E-state index is 13.1. The second-order valence-corrected chi connectivity index (χ2v) is 5.59. The lowest BCUT2D eigenvalue weighted by Crippen LogP contribution is -2.28. The minimum absolute atomic E-state index is 0.103. The highest BCUT2D eigenvalue weighted by atomic mass is 19.4. The first-order valence-corrected chi connectivity index (χ1v) is 6.77. The van der Waals surface area contributed by atoms with Crippen molar-refractivity contribution in [3.05, 3.63) is 17.0 Å². The standard InChI is InChI=1S/C13H15F5N2O2/c1-7-9(13(16,17)18)10(11(21)22)20(19-7)6-8-2-4-12(14,15)5-3-8/h8H,2-6H2,1H3,(H,21,22). The van der Waals surface area contributed by atoms with Gasteiger partial charge < -0.3 is 5.11 Å². The molecule has 0 unspecified atom stereocenters. The third-order valence-electron chi connectivity index (χ3n) is 3.88. The summed E-state index contributed by atoms with van der Waals surface area (Å²) in [6.07, 6.45) is -5.24. The van der Waals surface area contributed by atoms with Gasteiger partial charge in [0.2, 0.25) is 5.92 Å². The number of hydrogen-bond acceptors (Lipinski definition) is 2. The van der Waals surface area contributed by atoms with E-state index >= 15 is 0 Å². The normalized spacial score (nSPS) is 19.4. The van der Waals surface area contributed by atoms with Gasteiger partial charge in [-0.05, 0) is 25.7 Å². The van der Waals surface area contributed by atoms with Crippen molar-refractivity contribution in [3.8, 4) is 0 Å². The third-order valence-corrected chi connectivity index (χ3v) is 3.88. The summed E-state index contributed by atoms with van der Waals surface area (Å²) in [6, 6.07) is 0. The Balaban J connectivity index is 2.27. The van der Waals surface area contributed by atoms with E-state index in [0.717, 1.165) is 11.6 Å². The minimum Gasteiger partial charge on any atom is -0.477 e. The van der Waals surface area contributed by atoms with Gasteiger partial charge in [0.15, 0.2) is 5.69 Å². The fourth-order valence-electron chi connectivity index (χ4n) is 2.80. The van der Waals surface area contributed by atoms with Gasteiger partial charge in [0.1, 0.15) is 5.56 Å². The molecule has 124 valence electrons. The van der Waals surface area contributed by atoms with Crippen LogP contribution in [-0.2, 0) is 12.7 Å².